The molecule has 26 heavy (non-hydrogen) atoms. The Hall–Kier alpha value is -2.71. The standard InChI is InChI=1S/C24H22O2/c25-17-19-16-20(19)18-26-24(21-10-4-1-5-11-21,22-12-6-2-7-13-22)23-14-8-3-9-15-23/h1-15,17,19-20H,16,18H2/t19-,20-/m0/s1. The van der Waals surface area contributed by atoms with Gasteiger partial charge in [-0.05, 0) is 29.0 Å². The number of ether oxygens (including phenoxy) is 1. The van der Waals surface area contributed by atoms with Crippen LogP contribution < -0.4 is 0 Å². The number of hydrogen-bond donors (Lipinski definition) is 0. The molecule has 4 rings (SSSR count). The summed E-state index contributed by atoms with van der Waals surface area (Å²) in [6.45, 7) is 0.572. The number of carbonyl (C=O) groups excluding carboxylic acids is 1. The van der Waals surface area contributed by atoms with Crippen LogP contribution in [-0.4, -0.2) is 12.9 Å². The highest BCUT2D eigenvalue weighted by atomic mass is 16.5. The zero-order valence-corrected chi connectivity index (χ0v) is 14.6. The molecule has 0 unspecified atom stereocenters. The summed E-state index contributed by atoms with van der Waals surface area (Å²) >= 11 is 0. The molecule has 130 valence electrons. The van der Waals surface area contributed by atoms with Crippen molar-refractivity contribution in [2.45, 2.75) is 12.0 Å². The van der Waals surface area contributed by atoms with Crippen LogP contribution in [0.4, 0.5) is 0 Å². The lowest BCUT2D eigenvalue weighted by Crippen LogP contribution is -2.33. The van der Waals surface area contributed by atoms with Gasteiger partial charge in [-0.3, -0.25) is 0 Å². The van der Waals surface area contributed by atoms with Crippen LogP contribution in [0.3, 0.4) is 0 Å². The second-order valence-corrected chi connectivity index (χ2v) is 6.89. The Morgan fingerprint density at radius 2 is 1.19 bits per heavy atom. The topological polar surface area (TPSA) is 26.3 Å². The summed E-state index contributed by atoms with van der Waals surface area (Å²) in [7, 11) is 0. The Labute approximate surface area is 154 Å². The lowest BCUT2D eigenvalue weighted by molar-refractivity contribution is -0.109. The van der Waals surface area contributed by atoms with Crippen molar-refractivity contribution < 1.29 is 9.53 Å². The van der Waals surface area contributed by atoms with E-state index < -0.39 is 5.60 Å². The van der Waals surface area contributed by atoms with Gasteiger partial charge in [-0.2, -0.15) is 0 Å². The van der Waals surface area contributed by atoms with Gasteiger partial charge < -0.3 is 9.53 Å². The van der Waals surface area contributed by atoms with Crippen molar-refractivity contribution in [3.05, 3.63) is 108 Å². The third-order valence-electron chi connectivity index (χ3n) is 5.21. The largest absolute Gasteiger partial charge is 0.361 e. The summed E-state index contributed by atoms with van der Waals surface area (Å²) in [6.07, 6.45) is 1.99. The first-order valence-corrected chi connectivity index (χ1v) is 9.10. The van der Waals surface area contributed by atoms with Crippen LogP contribution in [0.15, 0.2) is 91.0 Å². The maximum absolute atomic E-state index is 11.1. The molecular formula is C24H22O2. The van der Waals surface area contributed by atoms with Gasteiger partial charge >= 0.3 is 0 Å². The van der Waals surface area contributed by atoms with E-state index >= 15 is 0 Å². The van der Waals surface area contributed by atoms with Crippen molar-refractivity contribution in [1.29, 1.82) is 0 Å². The van der Waals surface area contributed by atoms with Crippen molar-refractivity contribution in [2.24, 2.45) is 11.8 Å². The summed E-state index contributed by atoms with van der Waals surface area (Å²) in [6, 6.07) is 31.0. The Morgan fingerprint density at radius 3 is 1.54 bits per heavy atom. The minimum absolute atomic E-state index is 0.148. The molecule has 0 radical (unpaired) electrons. The molecule has 1 saturated carbocycles. The van der Waals surface area contributed by atoms with E-state index in [1.54, 1.807) is 0 Å². The first kappa shape index (κ1) is 16.7. The van der Waals surface area contributed by atoms with E-state index in [1.807, 2.05) is 54.6 Å². The minimum atomic E-state index is -0.681. The van der Waals surface area contributed by atoms with Crippen molar-refractivity contribution in [2.75, 3.05) is 6.61 Å². The molecule has 3 aromatic rings. The van der Waals surface area contributed by atoms with Crippen LogP contribution in [0.5, 0.6) is 0 Å². The number of benzene rings is 3. The van der Waals surface area contributed by atoms with Gasteiger partial charge in [0.1, 0.15) is 11.9 Å². The highest BCUT2D eigenvalue weighted by Gasteiger charge is 2.42. The van der Waals surface area contributed by atoms with Crippen molar-refractivity contribution in [3.63, 3.8) is 0 Å². The molecule has 0 bridgehead atoms. The molecule has 1 aliphatic carbocycles. The molecule has 2 heteroatoms. The zero-order valence-electron chi connectivity index (χ0n) is 14.6. The zero-order chi connectivity index (χ0) is 17.8. The average molecular weight is 342 g/mol. The molecule has 0 aliphatic heterocycles. The first-order valence-electron chi connectivity index (χ1n) is 9.10. The second-order valence-electron chi connectivity index (χ2n) is 6.89. The van der Waals surface area contributed by atoms with E-state index in [-0.39, 0.29) is 5.92 Å². The van der Waals surface area contributed by atoms with Gasteiger partial charge in [0.25, 0.3) is 0 Å². The normalized spacial score (nSPS) is 19.1. The Kier molecular flexibility index (Phi) is 4.68. The van der Waals surface area contributed by atoms with E-state index in [2.05, 4.69) is 36.4 Å². The molecule has 2 atom stereocenters. The number of aldehydes is 1. The lowest BCUT2D eigenvalue weighted by atomic mass is 9.80. The summed E-state index contributed by atoms with van der Waals surface area (Å²) in [5, 5.41) is 0. The van der Waals surface area contributed by atoms with E-state index in [4.69, 9.17) is 4.74 Å². The van der Waals surface area contributed by atoms with E-state index in [0.29, 0.717) is 12.5 Å². The van der Waals surface area contributed by atoms with Gasteiger partial charge in [0.2, 0.25) is 0 Å². The molecule has 0 heterocycles. The van der Waals surface area contributed by atoms with Gasteiger partial charge in [-0.1, -0.05) is 91.0 Å². The summed E-state index contributed by atoms with van der Waals surface area (Å²) in [5.41, 5.74) is 2.61. The van der Waals surface area contributed by atoms with Crippen molar-refractivity contribution in [3.8, 4) is 0 Å². The molecular weight excluding hydrogens is 320 g/mol. The first-order chi connectivity index (χ1) is 12.8. The second kappa shape index (κ2) is 7.27. The maximum atomic E-state index is 11.1. The van der Waals surface area contributed by atoms with Gasteiger partial charge in [0.15, 0.2) is 0 Å². The van der Waals surface area contributed by atoms with E-state index in [1.165, 1.54) is 0 Å². The SMILES string of the molecule is O=C[C@@H]1C[C@H]1COC(c1ccccc1)(c1ccccc1)c1ccccc1. The van der Waals surface area contributed by atoms with Gasteiger partial charge in [-0.15, -0.1) is 0 Å². The molecule has 0 spiro atoms. The molecule has 0 N–H and O–H groups in total. The summed E-state index contributed by atoms with van der Waals surface area (Å²) in [4.78, 5) is 11.1. The van der Waals surface area contributed by atoms with E-state index in [9.17, 15) is 4.79 Å². The third-order valence-corrected chi connectivity index (χ3v) is 5.21. The smallest absolute Gasteiger partial charge is 0.143 e. The van der Waals surface area contributed by atoms with Gasteiger partial charge in [0, 0.05) is 5.92 Å². The average Bonchev–Trinajstić information content (AvgIpc) is 3.50. The molecule has 2 nitrogen and oxygen atoms in total. The Balaban J connectivity index is 1.84. The Bertz CT molecular complexity index is 746. The van der Waals surface area contributed by atoms with E-state index in [0.717, 1.165) is 29.4 Å². The lowest BCUT2D eigenvalue weighted by Gasteiger charge is -2.36. The number of carbonyl (C=O) groups is 1. The molecule has 0 aromatic heterocycles. The van der Waals surface area contributed by atoms with Crippen LogP contribution >= 0.6 is 0 Å². The fraction of sp³-hybridized carbons (Fsp3) is 0.208. The van der Waals surface area contributed by atoms with Crippen LogP contribution in [0.1, 0.15) is 23.1 Å². The monoisotopic (exact) mass is 342 g/mol. The van der Waals surface area contributed by atoms with Crippen LogP contribution in [0.2, 0.25) is 0 Å². The van der Waals surface area contributed by atoms with Gasteiger partial charge in [0.05, 0.1) is 6.61 Å². The molecule has 0 saturated heterocycles. The van der Waals surface area contributed by atoms with Crippen molar-refractivity contribution in [1.82, 2.24) is 0 Å². The molecule has 1 fully saturated rings. The third kappa shape index (κ3) is 3.09. The highest BCUT2D eigenvalue weighted by molar-refractivity contribution is 5.58. The quantitative estimate of drug-likeness (QED) is 0.454. The molecule has 3 aromatic carbocycles. The van der Waals surface area contributed by atoms with Gasteiger partial charge in [-0.25, -0.2) is 0 Å². The highest BCUT2D eigenvalue weighted by Crippen LogP contribution is 2.44. The van der Waals surface area contributed by atoms with Crippen LogP contribution in [0.25, 0.3) is 0 Å². The summed E-state index contributed by atoms with van der Waals surface area (Å²) < 4.78 is 6.69. The minimum Gasteiger partial charge on any atom is -0.361 e. The summed E-state index contributed by atoms with van der Waals surface area (Å²) in [5.74, 6) is 0.470. The molecule has 1 aliphatic rings. The fourth-order valence-electron chi connectivity index (χ4n) is 3.63. The fourth-order valence-corrected chi connectivity index (χ4v) is 3.63. The van der Waals surface area contributed by atoms with Crippen LogP contribution in [-0.2, 0) is 15.1 Å². The predicted molar refractivity (Wildman–Crippen MR) is 103 cm³/mol. The molecule has 0 amide bonds. The predicted octanol–water partition coefficient (Wildman–Crippen LogP) is 4.83. The number of rotatable bonds is 7. The maximum Gasteiger partial charge on any atom is 0.143 e. The number of hydrogen-bond acceptors (Lipinski definition) is 2. The van der Waals surface area contributed by atoms with Crippen LogP contribution in [0, 0.1) is 11.8 Å². The Morgan fingerprint density at radius 1 is 0.769 bits per heavy atom. The van der Waals surface area contributed by atoms with Crippen molar-refractivity contribution >= 4 is 6.29 Å².